The Morgan fingerprint density at radius 3 is 2.18 bits per heavy atom. The highest BCUT2D eigenvalue weighted by atomic mass is 16.5. The Morgan fingerprint density at radius 2 is 1.56 bits per heavy atom. The lowest BCUT2D eigenvalue weighted by molar-refractivity contribution is -0.137. The normalized spacial score (nSPS) is 10.8. The summed E-state index contributed by atoms with van der Waals surface area (Å²) in [7, 11) is 1.52. The zero-order valence-electron chi connectivity index (χ0n) is 20.2. The Morgan fingerprint density at radius 1 is 0.882 bits per heavy atom. The van der Waals surface area contributed by atoms with Crippen molar-refractivity contribution in [3.05, 3.63) is 53.6 Å². The first-order valence-electron chi connectivity index (χ1n) is 11.6. The smallest absolute Gasteiger partial charge is 0.348 e. The van der Waals surface area contributed by atoms with Gasteiger partial charge in [-0.3, -0.25) is 0 Å². The first kappa shape index (κ1) is 26.6. The molecule has 0 aliphatic carbocycles. The molecule has 0 unspecified atom stereocenters. The van der Waals surface area contributed by atoms with Gasteiger partial charge in [0.1, 0.15) is 36.4 Å². The van der Waals surface area contributed by atoms with Crippen LogP contribution in [0.1, 0.15) is 45.1 Å². The molecule has 0 saturated carbocycles. The highest BCUT2D eigenvalue weighted by molar-refractivity contribution is 5.97. The maximum Gasteiger partial charge on any atom is 0.348 e. The summed E-state index contributed by atoms with van der Waals surface area (Å²) in [5.41, 5.74) is 0.539. The third-order valence-corrected chi connectivity index (χ3v) is 4.81. The van der Waals surface area contributed by atoms with Crippen molar-refractivity contribution in [2.24, 2.45) is 0 Å². The van der Waals surface area contributed by atoms with Gasteiger partial charge in [-0.25, -0.2) is 4.79 Å². The summed E-state index contributed by atoms with van der Waals surface area (Å²) < 4.78 is 27.5. The van der Waals surface area contributed by atoms with Gasteiger partial charge in [0, 0.05) is 0 Å². The molecular formula is C27H33NO6. The van der Waals surface area contributed by atoms with Crippen LogP contribution in [-0.2, 0) is 9.53 Å². The minimum absolute atomic E-state index is 0.0844. The summed E-state index contributed by atoms with van der Waals surface area (Å²) in [6, 6.07) is 14.5. The molecule has 7 heteroatoms. The van der Waals surface area contributed by atoms with E-state index in [0.29, 0.717) is 30.3 Å². The third-order valence-electron chi connectivity index (χ3n) is 4.81. The zero-order chi connectivity index (χ0) is 24.6. The molecule has 0 spiro atoms. The van der Waals surface area contributed by atoms with Crippen LogP contribution in [0.5, 0.6) is 23.0 Å². The Balaban J connectivity index is 1.83. The first-order chi connectivity index (χ1) is 16.6. The fraction of sp³-hybridized carbons (Fsp3) is 0.407. The highest BCUT2D eigenvalue weighted by Crippen LogP contribution is 2.29. The first-order valence-corrected chi connectivity index (χ1v) is 11.6. The number of hydrogen-bond donors (Lipinski definition) is 0. The number of esters is 1. The lowest BCUT2D eigenvalue weighted by Gasteiger charge is -2.12. The molecule has 2 aromatic carbocycles. The van der Waals surface area contributed by atoms with E-state index >= 15 is 0 Å². The maximum atomic E-state index is 11.8. The maximum absolute atomic E-state index is 11.8. The van der Waals surface area contributed by atoms with Gasteiger partial charge in [0.25, 0.3) is 0 Å². The van der Waals surface area contributed by atoms with E-state index in [-0.39, 0.29) is 12.2 Å². The van der Waals surface area contributed by atoms with Crippen LogP contribution in [0.25, 0.3) is 6.08 Å². The number of methoxy groups -OCH3 is 1. The van der Waals surface area contributed by atoms with Crippen LogP contribution in [-0.4, -0.2) is 39.5 Å². The van der Waals surface area contributed by atoms with Crippen molar-refractivity contribution in [3.63, 3.8) is 0 Å². The molecule has 182 valence electrons. The van der Waals surface area contributed by atoms with Crippen LogP contribution in [0, 0.1) is 11.3 Å². The SMILES string of the molecule is CCCCCCOc1ccc(OCCOc2ccc(C=C(C#N)C(=O)OCC)cc2OC)cc1. The second-order valence-electron chi connectivity index (χ2n) is 7.38. The summed E-state index contributed by atoms with van der Waals surface area (Å²) in [4.78, 5) is 11.8. The number of hydrogen-bond acceptors (Lipinski definition) is 7. The molecule has 7 nitrogen and oxygen atoms in total. The van der Waals surface area contributed by atoms with E-state index in [0.717, 1.165) is 24.5 Å². The van der Waals surface area contributed by atoms with Crippen molar-refractivity contribution in [1.82, 2.24) is 0 Å². The Hall–Kier alpha value is -3.66. The molecule has 0 aromatic heterocycles. The van der Waals surface area contributed by atoms with Gasteiger partial charge in [-0.05, 0) is 61.4 Å². The summed E-state index contributed by atoms with van der Waals surface area (Å²) in [5.74, 6) is 1.92. The average Bonchev–Trinajstić information content (AvgIpc) is 2.86. The quantitative estimate of drug-likeness (QED) is 0.146. The van der Waals surface area contributed by atoms with Crippen molar-refractivity contribution < 1.29 is 28.5 Å². The lowest BCUT2D eigenvalue weighted by Crippen LogP contribution is -2.09. The van der Waals surface area contributed by atoms with E-state index in [1.807, 2.05) is 30.3 Å². The van der Waals surface area contributed by atoms with Gasteiger partial charge in [0.05, 0.1) is 20.3 Å². The van der Waals surface area contributed by atoms with E-state index in [4.69, 9.17) is 23.7 Å². The molecule has 0 saturated heterocycles. The molecule has 0 N–H and O–H groups in total. The number of carbonyl (C=O) groups is 1. The lowest BCUT2D eigenvalue weighted by atomic mass is 10.1. The van der Waals surface area contributed by atoms with E-state index in [2.05, 4.69) is 6.92 Å². The van der Waals surface area contributed by atoms with Crippen LogP contribution in [0.4, 0.5) is 0 Å². The van der Waals surface area contributed by atoms with E-state index < -0.39 is 5.97 Å². The molecule has 34 heavy (non-hydrogen) atoms. The third kappa shape index (κ3) is 9.07. The van der Waals surface area contributed by atoms with Gasteiger partial charge in [0.15, 0.2) is 11.5 Å². The molecule has 0 bridgehead atoms. The van der Waals surface area contributed by atoms with Crippen LogP contribution in [0.3, 0.4) is 0 Å². The van der Waals surface area contributed by atoms with Crippen LogP contribution >= 0.6 is 0 Å². The molecule has 0 fully saturated rings. The summed E-state index contributed by atoms with van der Waals surface area (Å²) in [5, 5.41) is 9.19. The number of rotatable bonds is 15. The van der Waals surface area contributed by atoms with Crippen LogP contribution < -0.4 is 18.9 Å². The van der Waals surface area contributed by atoms with E-state index in [1.54, 1.807) is 25.1 Å². The topological polar surface area (TPSA) is 87.0 Å². The molecule has 0 radical (unpaired) electrons. The average molecular weight is 468 g/mol. The van der Waals surface area contributed by atoms with Gasteiger partial charge in [-0.1, -0.05) is 32.3 Å². The second-order valence-corrected chi connectivity index (χ2v) is 7.38. The van der Waals surface area contributed by atoms with Gasteiger partial charge < -0.3 is 23.7 Å². The van der Waals surface area contributed by atoms with Gasteiger partial charge in [-0.15, -0.1) is 0 Å². The molecule has 0 heterocycles. The van der Waals surface area contributed by atoms with Crippen molar-refractivity contribution >= 4 is 12.0 Å². The van der Waals surface area contributed by atoms with Crippen LogP contribution in [0.15, 0.2) is 48.0 Å². The molecule has 0 atom stereocenters. The van der Waals surface area contributed by atoms with E-state index in [9.17, 15) is 10.1 Å². The van der Waals surface area contributed by atoms with Crippen molar-refractivity contribution in [3.8, 4) is 29.1 Å². The van der Waals surface area contributed by atoms with Crippen molar-refractivity contribution in [1.29, 1.82) is 5.26 Å². The van der Waals surface area contributed by atoms with E-state index in [1.165, 1.54) is 32.4 Å². The summed E-state index contributed by atoms with van der Waals surface area (Å²) >= 11 is 0. The molecule has 0 amide bonds. The number of carbonyl (C=O) groups excluding carboxylic acids is 1. The predicted molar refractivity (Wildman–Crippen MR) is 130 cm³/mol. The predicted octanol–water partition coefficient (Wildman–Crippen LogP) is 5.58. The number of nitriles is 1. The number of nitrogens with zero attached hydrogens (tertiary/aromatic N) is 1. The Kier molecular flexibility index (Phi) is 11.9. The summed E-state index contributed by atoms with van der Waals surface area (Å²) in [6.45, 7) is 5.47. The molecular weight excluding hydrogens is 434 g/mol. The molecule has 2 rings (SSSR count). The largest absolute Gasteiger partial charge is 0.494 e. The standard InChI is InChI=1S/C27H33NO6/c1-4-6-7-8-15-32-23-10-12-24(13-11-23)33-16-17-34-25-14-9-21(19-26(25)30-3)18-22(20-28)27(29)31-5-2/h9-14,18-19H,4-8,15-17H2,1-3H3. The minimum atomic E-state index is -0.659. The minimum Gasteiger partial charge on any atom is -0.494 e. The van der Waals surface area contributed by atoms with Crippen LogP contribution in [0.2, 0.25) is 0 Å². The number of benzene rings is 2. The van der Waals surface area contributed by atoms with Gasteiger partial charge >= 0.3 is 5.97 Å². The summed E-state index contributed by atoms with van der Waals surface area (Å²) in [6.07, 6.45) is 6.16. The molecule has 0 aliphatic rings. The number of unbranched alkanes of at least 4 members (excludes halogenated alkanes) is 3. The molecule has 0 aliphatic heterocycles. The highest BCUT2D eigenvalue weighted by Gasteiger charge is 2.11. The Bertz CT molecular complexity index is 962. The van der Waals surface area contributed by atoms with Crippen molar-refractivity contribution in [2.45, 2.75) is 39.5 Å². The zero-order valence-corrected chi connectivity index (χ0v) is 20.2. The fourth-order valence-electron chi connectivity index (χ4n) is 3.07. The number of ether oxygens (including phenoxy) is 5. The molecule has 2 aromatic rings. The second kappa shape index (κ2) is 15.2. The van der Waals surface area contributed by atoms with Gasteiger partial charge in [0.2, 0.25) is 0 Å². The Labute approximate surface area is 201 Å². The van der Waals surface area contributed by atoms with Gasteiger partial charge in [-0.2, -0.15) is 5.26 Å². The van der Waals surface area contributed by atoms with Crippen molar-refractivity contribution in [2.75, 3.05) is 33.5 Å². The fourth-order valence-corrected chi connectivity index (χ4v) is 3.07. The monoisotopic (exact) mass is 467 g/mol.